The summed E-state index contributed by atoms with van der Waals surface area (Å²) in [5.41, 5.74) is 2.37. The normalized spacial score (nSPS) is 17.0. The maximum atomic E-state index is 11.9. The predicted octanol–water partition coefficient (Wildman–Crippen LogP) is 2.68. The average Bonchev–Trinajstić information content (AvgIpc) is 3.00. The molecule has 4 nitrogen and oxygen atoms in total. The van der Waals surface area contributed by atoms with E-state index in [4.69, 9.17) is 0 Å². The van der Waals surface area contributed by atoms with Gasteiger partial charge < -0.3 is 10.6 Å². The van der Waals surface area contributed by atoms with Gasteiger partial charge in [0.05, 0.1) is 0 Å². The Kier molecular flexibility index (Phi) is 2.98. The molecule has 0 spiro atoms. The summed E-state index contributed by atoms with van der Waals surface area (Å²) in [6, 6.07) is 8.14. The zero-order valence-electron chi connectivity index (χ0n) is 9.72. The predicted molar refractivity (Wildman–Crippen MR) is 73.0 cm³/mol. The second-order valence-electron chi connectivity index (χ2n) is 4.25. The van der Waals surface area contributed by atoms with Crippen molar-refractivity contribution in [2.24, 2.45) is 0 Å². The highest BCUT2D eigenvalue weighted by atomic mass is 32.1. The van der Waals surface area contributed by atoms with Crippen LogP contribution in [-0.2, 0) is 4.79 Å². The van der Waals surface area contributed by atoms with Crippen molar-refractivity contribution in [3.63, 3.8) is 0 Å². The second kappa shape index (κ2) is 4.78. The minimum absolute atomic E-state index is 0.0217. The Balaban J connectivity index is 1.66. The standard InChI is InChI=1S/C13H13N3OS/c17-12(16-13-14-5-6-18-13)7-9-8-15-11-4-2-1-3-10(9)11/h1-6,9,15H,7-8H2,(H,14,16,17). The van der Waals surface area contributed by atoms with Crippen molar-refractivity contribution in [3.05, 3.63) is 41.4 Å². The topological polar surface area (TPSA) is 54.0 Å². The first-order chi connectivity index (χ1) is 8.83. The lowest BCUT2D eigenvalue weighted by Crippen LogP contribution is -2.16. The molecule has 0 bridgehead atoms. The van der Waals surface area contributed by atoms with Gasteiger partial charge >= 0.3 is 0 Å². The Bertz CT molecular complexity index is 553. The van der Waals surface area contributed by atoms with Crippen molar-refractivity contribution in [3.8, 4) is 0 Å². The first kappa shape index (κ1) is 11.2. The number of benzene rings is 1. The number of anilines is 2. The molecule has 3 rings (SSSR count). The van der Waals surface area contributed by atoms with Crippen LogP contribution in [0.5, 0.6) is 0 Å². The summed E-state index contributed by atoms with van der Waals surface area (Å²) in [5, 5.41) is 8.66. The molecule has 1 aliphatic heterocycles. The molecule has 0 saturated heterocycles. The number of amides is 1. The molecule has 2 aromatic rings. The lowest BCUT2D eigenvalue weighted by atomic mass is 9.98. The van der Waals surface area contributed by atoms with Crippen LogP contribution in [0.4, 0.5) is 10.8 Å². The third-order valence-electron chi connectivity index (χ3n) is 3.05. The van der Waals surface area contributed by atoms with Gasteiger partial charge in [0.1, 0.15) is 0 Å². The van der Waals surface area contributed by atoms with Crippen LogP contribution >= 0.6 is 11.3 Å². The van der Waals surface area contributed by atoms with Gasteiger partial charge in [-0.1, -0.05) is 18.2 Å². The van der Waals surface area contributed by atoms with Gasteiger partial charge in [-0.2, -0.15) is 0 Å². The number of carbonyl (C=O) groups is 1. The van der Waals surface area contributed by atoms with E-state index in [-0.39, 0.29) is 11.8 Å². The van der Waals surface area contributed by atoms with Crippen LogP contribution in [0, 0.1) is 0 Å². The minimum atomic E-state index is 0.0217. The number of hydrogen-bond donors (Lipinski definition) is 2. The molecule has 1 aliphatic rings. The third kappa shape index (κ3) is 2.22. The van der Waals surface area contributed by atoms with Crippen LogP contribution in [0.1, 0.15) is 17.9 Å². The van der Waals surface area contributed by atoms with Crippen molar-refractivity contribution >= 4 is 28.1 Å². The number of thiazole rings is 1. The van der Waals surface area contributed by atoms with E-state index >= 15 is 0 Å². The molecule has 0 fully saturated rings. The largest absolute Gasteiger partial charge is 0.384 e. The SMILES string of the molecule is O=C(CC1CNc2ccccc21)Nc1nccs1. The van der Waals surface area contributed by atoms with E-state index in [0.717, 1.165) is 12.2 Å². The summed E-state index contributed by atoms with van der Waals surface area (Å²) in [7, 11) is 0. The maximum Gasteiger partial charge on any atom is 0.226 e. The fraction of sp³-hybridized carbons (Fsp3) is 0.231. The van der Waals surface area contributed by atoms with E-state index in [1.165, 1.54) is 16.9 Å². The number of fused-ring (bicyclic) bond motifs is 1. The van der Waals surface area contributed by atoms with Gasteiger partial charge in [-0.3, -0.25) is 4.79 Å². The van der Waals surface area contributed by atoms with Crippen LogP contribution in [0.3, 0.4) is 0 Å². The van der Waals surface area contributed by atoms with E-state index in [1.54, 1.807) is 6.20 Å². The van der Waals surface area contributed by atoms with Gasteiger partial charge in [0.15, 0.2) is 5.13 Å². The number of nitrogens with one attached hydrogen (secondary N) is 2. The molecule has 92 valence electrons. The Morgan fingerprint density at radius 1 is 1.50 bits per heavy atom. The number of hydrogen-bond acceptors (Lipinski definition) is 4. The maximum absolute atomic E-state index is 11.9. The van der Waals surface area contributed by atoms with Gasteiger partial charge in [0.2, 0.25) is 5.91 Å². The zero-order valence-corrected chi connectivity index (χ0v) is 10.5. The zero-order chi connectivity index (χ0) is 12.4. The van der Waals surface area contributed by atoms with Crippen LogP contribution in [-0.4, -0.2) is 17.4 Å². The van der Waals surface area contributed by atoms with Gasteiger partial charge in [-0.15, -0.1) is 11.3 Å². The molecule has 18 heavy (non-hydrogen) atoms. The summed E-state index contributed by atoms with van der Waals surface area (Å²) in [6.45, 7) is 0.824. The van der Waals surface area contributed by atoms with Gasteiger partial charge in [0.25, 0.3) is 0 Å². The van der Waals surface area contributed by atoms with E-state index in [9.17, 15) is 4.79 Å². The van der Waals surface area contributed by atoms with Crippen molar-refractivity contribution in [1.82, 2.24) is 4.98 Å². The number of carbonyl (C=O) groups excluding carboxylic acids is 1. The summed E-state index contributed by atoms with van der Waals surface area (Å²) in [4.78, 5) is 16.0. The molecule has 5 heteroatoms. The highest BCUT2D eigenvalue weighted by Gasteiger charge is 2.24. The Labute approximate surface area is 109 Å². The fourth-order valence-electron chi connectivity index (χ4n) is 2.22. The van der Waals surface area contributed by atoms with Crippen LogP contribution in [0.2, 0.25) is 0 Å². The summed E-state index contributed by atoms with van der Waals surface area (Å²) < 4.78 is 0. The Morgan fingerprint density at radius 3 is 3.22 bits per heavy atom. The summed E-state index contributed by atoms with van der Waals surface area (Å²) in [6.07, 6.45) is 2.18. The van der Waals surface area contributed by atoms with Crippen LogP contribution in [0.15, 0.2) is 35.8 Å². The molecular formula is C13H13N3OS. The Hall–Kier alpha value is -1.88. The number of para-hydroxylation sites is 1. The summed E-state index contributed by atoms with van der Waals surface area (Å²) >= 11 is 1.44. The quantitative estimate of drug-likeness (QED) is 0.891. The van der Waals surface area contributed by atoms with Crippen LogP contribution < -0.4 is 10.6 Å². The van der Waals surface area contributed by atoms with E-state index in [0.29, 0.717) is 11.6 Å². The number of aromatic nitrogens is 1. The smallest absolute Gasteiger partial charge is 0.226 e. The third-order valence-corrected chi connectivity index (χ3v) is 3.74. The molecule has 1 amide bonds. The molecule has 2 heterocycles. The van der Waals surface area contributed by atoms with Gasteiger partial charge in [-0.25, -0.2) is 4.98 Å². The molecule has 1 aromatic heterocycles. The molecular weight excluding hydrogens is 246 g/mol. The molecule has 0 saturated carbocycles. The monoisotopic (exact) mass is 259 g/mol. The second-order valence-corrected chi connectivity index (χ2v) is 5.15. The lowest BCUT2D eigenvalue weighted by Gasteiger charge is -2.09. The van der Waals surface area contributed by atoms with Gasteiger partial charge in [-0.05, 0) is 11.6 Å². The van der Waals surface area contributed by atoms with Crippen LogP contribution in [0.25, 0.3) is 0 Å². The van der Waals surface area contributed by atoms with Crippen molar-refractivity contribution in [2.45, 2.75) is 12.3 Å². The lowest BCUT2D eigenvalue weighted by molar-refractivity contribution is -0.116. The van der Waals surface area contributed by atoms with E-state index in [2.05, 4.69) is 21.7 Å². The van der Waals surface area contributed by atoms with Crippen molar-refractivity contribution in [1.29, 1.82) is 0 Å². The van der Waals surface area contributed by atoms with Crippen molar-refractivity contribution in [2.75, 3.05) is 17.2 Å². The number of rotatable bonds is 3. The molecule has 1 unspecified atom stereocenters. The van der Waals surface area contributed by atoms with Crippen molar-refractivity contribution < 1.29 is 4.79 Å². The highest BCUT2D eigenvalue weighted by molar-refractivity contribution is 7.13. The first-order valence-corrected chi connectivity index (χ1v) is 6.73. The Morgan fingerprint density at radius 2 is 2.39 bits per heavy atom. The number of nitrogens with zero attached hydrogens (tertiary/aromatic N) is 1. The highest BCUT2D eigenvalue weighted by Crippen LogP contribution is 2.33. The molecule has 2 N–H and O–H groups in total. The van der Waals surface area contributed by atoms with E-state index < -0.39 is 0 Å². The van der Waals surface area contributed by atoms with E-state index in [1.807, 2.05) is 23.6 Å². The average molecular weight is 259 g/mol. The minimum Gasteiger partial charge on any atom is -0.384 e. The molecule has 1 atom stereocenters. The molecule has 0 radical (unpaired) electrons. The fourth-order valence-corrected chi connectivity index (χ4v) is 2.76. The first-order valence-electron chi connectivity index (χ1n) is 5.85. The molecule has 1 aromatic carbocycles. The summed E-state index contributed by atoms with van der Waals surface area (Å²) in [5.74, 6) is 0.273. The van der Waals surface area contributed by atoms with Gasteiger partial charge in [0, 0.05) is 36.1 Å². The molecule has 0 aliphatic carbocycles.